The van der Waals surface area contributed by atoms with Crippen LogP contribution in [0, 0.1) is 0 Å². The van der Waals surface area contributed by atoms with Crippen molar-refractivity contribution in [1.29, 1.82) is 0 Å². The first-order valence-electron chi connectivity index (χ1n) is 11.0. The van der Waals surface area contributed by atoms with Crippen LogP contribution in [0.4, 0.5) is 5.69 Å². The number of carbonyl (C=O) groups excluding carboxylic acids is 1. The van der Waals surface area contributed by atoms with Gasteiger partial charge in [0.05, 0.1) is 27.7 Å². The minimum atomic E-state index is -0.0707. The first-order valence-corrected chi connectivity index (χ1v) is 12.5. The Hall–Kier alpha value is -2.93. The smallest absolute Gasteiger partial charge is 0.266 e. The van der Waals surface area contributed by atoms with E-state index in [1.807, 2.05) is 74.5 Å². The van der Waals surface area contributed by atoms with E-state index < -0.39 is 0 Å². The summed E-state index contributed by atoms with van der Waals surface area (Å²) in [6, 6.07) is 20.5. The molecule has 1 fully saturated rings. The van der Waals surface area contributed by atoms with Gasteiger partial charge in [-0.1, -0.05) is 53.5 Å². The molecular formula is C27H24Cl2N2O3S. The van der Waals surface area contributed by atoms with Gasteiger partial charge in [0.2, 0.25) is 0 Å². The van der Waals surface area contributed by atoms with Crippen molar-refractivity contribution in [3.8, 4) is 11.5 Å². The second-order valence-electron chi connectivity index (χ2n) is 8.06. The molecule has 0 aliphatic carbocycles. The molecule has 0 spiro atoms. The van der Waals surface area contributed by atoms with Gasteiger partial charge >= 0.3 is 0 Å². The summed E-state index contributed by atoms with van der Waals surface area (Å²) in [5, 5.41) is 1.64. The number of hydrogen-bond donors (Lipinski definition) is 0. The quantitative estimate of drug-likeness (QED) is 0.297. The number of amides is 1. The molecule has 3 aromatic rings. The second kappa shape index (κ2) is 11.2. The lowest BCUT2D eigenvalue weighted by atomic mass is 10.1. The van der Waals surface area contributed by atoms with Crippen LogP contribution in [0.1, 0.15) is 25.0 Å². The van der Waals surface area contributed by atoms with E-state index in [2.05, 4.69) is 0 Å². The number of ether oxygens (including phenoxy) is 2. The minimum absolute atomic E-state index is 0.0185. The van der Waals surface area contributed by atoms with E-state index in [1.165, 1.54) is 11.8 Å². The topological polar surface area (TPSA) is 51.1 Å². The van der Waals surface area contributed by atoms with Gasteiger partial charge < -0.3 is 9.47 Å². The molecule has 180 valence electrons. The molecule has 35 heavy (non-hydrogen) atoms. The Kier molecular flexibility index (Phi) is 8.06. The second-order valence-corrected chi connectivity index (χ2v) is 9.88. The number of aliphatic imine (C=N–C) groups is 1. The zero-order chi connectivity index (χ0) is 24.9. The van der Waals surface area contributed by atoms with E-state index in [9.17, 15) is 4.79 Å². The van der Waals surface area contributed by atoms with Crippen molar-refractivity contribution < 1.29 is 14.3 Å². The highest BCUT2D eigenvalue weighted by atomic mass is 35.5. The molecule has 0 bridgehead atoms. The Labute approximate surface area is 219 Å². The van der Waals surface area contributed by atoms with Crippen LogP contribution in [0.2, 0.25) is 10.0 Å². The summed E-state index contributed by atoms with van der Waals surface area (Å²) in [4.78, 5) is 20.2. The average Bonchev–Trinajstić information content (AvgIpc) is 3.15. The summed E-state index contributed by atoms with van der Waals surface area (Å²) >= 11 is 13.4. The van der Waals surface area contributed by atoms with Crippen LogP contribution < -0.4 is 9.47 Å². The predicted molar refractivity (Wildman–Crippen MR) is 145 cm³/mol. The molecule has 3 aromatic carbocycles. The van der Waals surface area contributed by atoms with Crippen molar-refractivity contribution in [1.82, 2.24) is 4.90 Å². The summed E-state index contributed by atoms with van der Waals surface area (Å²) in [6.45, 7) is 4.26. The fraction of sp³-hybridized carbons (Fsp3) is 0.185. The zero-order valence-electron chi connectivity index (χ0n) is 19.5. The summed E-state index contributed by atoms with van der Waals surface area (Å²) in [7, 11) is 1.58. The summed E-state index contributed by atoms with van der Waals surface area (Å²) in [5.74, 6) is 1.08. The van der Waals surface area contributed by atoms with Gasteiger partial charge in [0.1, 0.15) is 6.61 Å². The summed E-state index contributed by atoms with van der Waals surface area (Å²) < 4.78 is 11.5. The molecule has 0 saturated carbocycles. The highest BCUT2D eigenvalue weighted by Crippen LogP contribution is 2.37. The van der Waals surface area contributed by atoms with E-state index in [1.54, 1.807) is 24.1 Å². The number of amidine groups is 1. The third kappa shape index (κ3) is 6.01. The molecule has 0 atom stereocenters. The van der Waals surface area contributed by atoms with Crippen LogP contribution in [0.5, 0.6) is 11.5 Å². The van der Waals surface area contributed by atoms with Crippen molar-refractivity contribution >= 4 is 57.8 Å². The number of nitrogens with zero attached hydrogens (tertiary/aromatic N) is 2. The molecule has 1 heterocycles. The number of thioether (sulfide) groups is 1. The van der Waals surface area contributed by atoms with Gasteiger partial charge in [0.15, 0.2) is 16.7 Å². The number of methoxy groups -OCH3 is 1. The van der Waals surface area contributed by atoms with E-state index >= 15 is 0 Å². The van der Waals surface area contributed by atoms with Gasteiger partial charge in [0, 0.05) is 6.04 Å². The maximum atomic E-state index is 13.2. The third-order valence-electron chi connectivity index (χ3n) is 5.20. The van der Waals surface area contributed by atoms with Crippen LogP contribution in [0.3, 0.4) is 0 Å². The van der Waals surface area contributed by atoms with Crippen LogP contribution in [0.15, 0.2) is 76.6 Å². The van der Waals surface area contributed by atoms with Gasteiger partial charge in [0.25, 0.3) is 5.91 Å². The van der Waals surface area contributed by atoms with Crippen molar-refractivity contribution in [2.75, 3.05) is 7.11 Å². The maximum absolute atomic E-state index is 13.2. The first kappa shape index (κ1) is 25.2. The summed E-state index contributed by atoms with van der Waals surface area (Å²) in [6.07, 6.45) is 1.85. The Morgan fingerprint density at radius 1 is 1.00 bits per heavy atom. The fourth-order valence-electron chi connectivity index (χ4n) is 3.47. The molecule has 5 nitrogen and oxygen atoms in total. The van der Waals surface area contributed by atoms with Gasteiger partial charge in [-0.15, -0.1) is 0 Å². The van der Waals surface area contributed by atoms with Gasteiger partial charge in [-0.3, -0.25) is 9.69 Å². The standard InChI is InChI=1S/C27H24Cl2N2O3S/c1-17(2)31-26(32)25(35-27(31)30-20-7-5-4-6-8-20)15-18-10-12-23(24(14-18)33-3)34-16-19-9-11-21(28)22(29)13-19/h4-15,17H,16H2,1-3H3/b25-15+,30-27?. The molecule has 0 unspecified atom stereocenters. The molecule has 1 aliphatic rings. The molecule has 1 aliphatic heterocycles. The minimum Gasteiger partial charge on any atom is -0.493 e. The number of halogens is 2. The lowest BCUT2D eigenvalue weighted by Gasteiger charge is -2.19. The number of carbonyl (C=O) groups is 1. The largest absolute Gasteiger partial charge is 0.493 e. The van der Waals surface area contributed by atoms with Crippen molar-refractivity contribution in [2.45, 2.75) is 26.5 Å². The lowest BCUT2D eigenvalue weighted by Crippen LogP contribution is -2.35. The van der Waals surface area contributed by atoms with Crippen LogP contribution in [0.25, 0.3) is 6.08 Å². The van der Waals surface area contributed by atoms with Crippen LogP contribution in [-0.2, 0) is 11.4 Å². The van der Waals surface area contributed by atoms with Crippen LogP contribution >= 0.6 is 35.0 Å². The Morgan fingerprint density at radius 2 is 1.77 bits per heavy atom. The SMILES string of the molecule is COc1cc(/C=C2/SC(=Nc3ccccc3)N(C(C)C)C2=O)ccc1OCc1ccc(Cl)c(Cl)c1. The van der Waals surface area contributed by atoms with Crippen molar-refractivity contribution in [3.63, 3.8) is 0 Å². The number of para-hydroxylation sites is 1. The Balaban J connectivity index is 1.56. The molecule has 8 heteroatoms. The van der Waals surface area contributed by atoms with E-state index in [4.69, 9.17) is 37.7 Å². The van der Waals surface area contributed by atoms with Crippen molar-refractivity contribution in [2.24, 2.45) is 4.99 Å². The van der Waals surface area contributed by atoms with Gasteiger partial charge in [-0.05, 0) is 79.2 Å². The Bertz CT molecular complexity index is 1290. The lowest BCUT2D eigenvalue weighted by molar-refractivity contribution is -0.123. The Morgan fingerprint density at radius 3 is 2.46 bits per heavy atom. The highest BCUT2D eigenvalue weighted by Gasteiger charge is 2.35. The predicted octanol–water partition coefficient (Wildman–Crippen LogP) is 7.59. The third-order valence-corrected chi connectivity index (χ3v) is 6.92. The van der Waals surface area contributed by atoms with Gasteiger partial charge in [-0.2, -0.15) is 0 Å². The highest BCUT2D eigenvalue weighted by molar-refractivity contribution is 8.18. The van der Waals surface area contributed by atoms with E-state index in [-0.39, 0.29) is 11.9 Å². The zero-order valence-corrected chi connectivity index (χ0v) is 21.8. The normalized spacial score (nSPS) is 15.9. The molecule has 0 radical (unpaired) electrons. The molecule has 1 saturated heterocycles. The summed E-state index contributed by atoms with van der Waals surface area (Å²) in [5.41, 5.74) is 2.52. The number of rotatable bonds is 7. The molecular weight excluding hydrogens is 503 g/mol. The fourth-order valence-corrected chi connectivity index (χ4v) is 4.91. The van der Waals surface area contributed by atoms with E-state index in [0.29, 0.717) is 38.2 Å². The maximum Gasteiger partial charge on any atom is 0.266 e. The molecule has 0 N–H and O–H groups in total. The first-order chi connectivity index (χ1) is 16.9. The molecule has 1 amide bonds. The average molecular weight is 527 g/mol. The van der Waals surface area contributed by atoms with Gasteiger partial charge in [-0.25, -0.2) is 4.99 Å². The number of hydrogen-bond acceptors (Lipinski definition) is 5. The van der Waals surface area contributed by atoms with Crippen LogP contribution in [-0.4, -0.2) is 29.1 Å². The molecule has 0 aromatic heterocycles. The van der Waals surface area contributed by atoms with E-state index in [0.717, 1.165) is 16.8 Å². The molecule has 4 rings (SSSR count). The van der Waals surface area contributed by atoms with Crippen molar-refractivity contribution in [3.05, 3.63) is 92.8 Å². The number of benzene rings is 3. The monoisotopic (exact) mass is 526 g/mol.